The van der Waals surface area contributed by atoms with Crippen LogP contribution in [0.3, 0.4) is 0 Å². The first kappa shape index (κ1) is 15.5. The van der Waals surface area contributed by atoms with Crippen LogP contribution in [-0.4, -0.2) is 19.2 Å². The van der Waals surface area contributed by atoms with E-state index in [1.54, 1.807) is 0 Å². The first-order valence-electron chi connectivity index (χ1n) is 6.58. The molecule has 1 aromatic rings. The van der Waals surface area contributed by atoms with Gasteiger partial charge in [0.1, 0.15) is 7.14 Å². The van der Waals surface area contributed by atoms with Crippen LogP contribution in [0.25, 0.3) is 0 Å². The van der Waals surface area contributed by atoms with Gasteiger partial charge in [0.15, 0.2) is 0 Å². The van der Waals surface area contributed by atoms with Gasteiger partial charge in [0.25, 0.3) is 0 Å². The molecular formula is C15H25O2P. The Morgan fingerprint density at radius 1 is 1.17 bits per heavy atom. The lowest BCUT2D eigenvalue weighted by atomic mass is 10.0. The highest BCUT2D eigenvalue weighted by atomic mass is 31.2. The zero-order valence-electron chi connectivity index (χ0n) is 11.9. The number of hydrogen-bond donors (Lipinski definition) is 0. The summed E-state index contributed by atoms with van der Waals surface area (Å²) in [6, 6.07) is 10.0. The minimum absolute atomic E-state index is 0.388. The lowest BCUT2D eigenvalue weighted by molar-refractivity contribution is 0.162. The van der Waals surface area contributed by atoms with Crippen LogP contribution in [0.2, 0.25) is 0 Å². The van der Waals surface area contributed by atoms with Crippen molar-refractivity contribution in [3.8, 4) is 0 Å². The molecule has 0 heterocycles. The molecule has 2 nitrogen and oxygen atoms in total. The van der Waals surface area contributed by atoms with Crippen molar-refractivity contribution in [3.05, 3.63) is 35.9 Å². The Bertz CT molecular complexity index is 387. The third-order valence-corrected chi connectivity index (χ3v) is 5.37. The van der Waals surface area contributed by atoms with E-state index in [0.717, 1.165) is 11.7 Å². The molecule has 3 heteroatoms. The van der Waals surface area contributed by atoms with Gasteiger partial charge in [0, 0.05) is 6.16 Å². The van der Waals surface area contributed by atoms with E-state index in [1.807, 2.05) is 37.0 Å². The zero-order chi connectivity index (χ0) is 13.6. The van der Waals surface area contributed by atoms with Crippen molar-refractivity contribution < 1.29 is 9.30 Å². The molecule has 18 heavy (non-hydrogen) atoms. The van der Waals surface area contributed by atoms with Crippen LogP contribution in [-0.2, 0) is 15.9 Å². The van der Waals surface area contributed by atoms with Gasteiger partial charge < -0.3 is 9.30 Å². The molecule has 0 fully saturated rings. The van der Waals surface area contributed by atoms with Crippen LogP contribution in [0.5, 0.6) is 0 Å². The van der Waals surface area contributed by atoms with Crippen molar-refractivity contribution >= 4 is 7.14 Å². The number of ether oxygens (including phenoxy) is 1. The molecule has 102 valence electrons. The highest BCUT2D eigenvalue weighted by molar-refractivity contribution is 7.62. The first-order valence-corrected chi connectivity index (χ1v) is 9.10. The molecule has 1 aromatic carbocycles. The van der Waals surface area contributed by atoms with Crippen LogP contribution in [0.15, 0.2) is 30.3 Å². The highest BCUT2D eigenvalue weighted by Crippen LogP contribution is 2.44. The quantitative estimate of drug-likeness (QED) is 0.683. The van der Waals surface area contributed by atoms with Crippen molar-refractivity contribution in [3.63, 3.8) is 0 Å². The summed E-state index contributed by atoms with van der Waals surface area (Å²) in [5.74, 6) is 1.06. The fourth-order valence-corrected chi connectivity index (χ4v) is 4.03. The summed E-state index contributed by atoms with van der Waals surface area (Å²) < 4.78 is 18.0. The molecule has 0 bridgehead atoms. The van der Waals surface area contributed by atoms with Crippen molar-refractivity contribution in [2.24, 2.45) is 11.8 Å². The maximum atomic E-state index is 12.4. The second-order valence-corrected chi connectivity index (χ2v) is 8.88. The second-order valence-electron chi connectivity index (χ2n) is 5.66. The maximum absolute atomic E-state index is 12.4. The third-order valence-electron chi connectivity index (χ3n) is 3.29. The van der Waals surface area contributed by atoms with Gasteiger partial charge in [0.05, 0.1) is 13.0 Å². The Labute approximate surface area is 111 Å². The topological polar surface area (TPSA) is 26.3 Å². The second kappa shape index (κ2) is 7.11. The monoisotopic (exact) mass is 268 g/mol. The molecule has 2 atom stereocenters. The van der Waals surface area contributed by atoms with Gasteiger partial charge in [-0.2, -0.15) is 0 Å². The minimum Gasteiger partial charge on any atom is -0.369 e. The molecule has 0 unspecified atom stereocenters. The molecule has 0 aromatic heterocycles. The Balaban J connectivity index is 2.36. The fraction of sp³-hybridized carbons (Fsp3) is 0.600. The van der Waals surface area contributed by atoms with Gasteiger partial charge in [-0.05, 0) is 24.1 Å². The van der Waals surface area contributed by atoms with Gasteiger partial charge in [-0.25, -0.2) is 0 Å². The van der Waals surface area contributed by atoms with Crippen molar-refractivity contribution in [2.45, 2.75) is 27.4 Å². The predicted octanol–water partition coefficient (Wildman–Crippen LogP) is 4.45. The van der Waals surface area contributed by atoms with Gasteiger partial charge in [-0.15, -0.1) is 0 Å². The van der Waals surface area contributed by atoms with Gasteiger partial charge in [-0.3, -0.25) is 0 Å². The van der Waals surface area contributed by atoms with Crippen LogP contribution in [0.1, 0.15) is 26.3 Å². The molecule has 0 aliphatic heterocycles. The van der Waals surface area contributed by atoms with Crippen LogP contribution < -0.4 is 0 Å². The highest BCUT2D eigenvalue weighted by Gasteiger charge is 2.21. The first-order chi connectivity index (χ1) is 8.41. The van der Waals surface area contributed by atoms with E-state index in [0.29, 0.717) is 24.8 Å². The smallest absolute Gasteiger partial charge is 0.109 e. The van der Waals surface area contributed by atoms with E-state index in [1.165, 1.54) is 0 Å². The minimum atomic E-state index is -2.16. The van der Waals surface area contributed by atoms with E-state index >= 15 is 0 Å². The summed E-state index contributed by atoms with van der Waals surface area (Å²) in [7, 11) is -2.16. The third kappa shape index (κ3) is 5.84. The van der Waals surface area contributed by atoms with E-state index in [2.05, 4.69) is 20.8 Å². The molecule has 0 radical (unpaired) electrons. The summed E-state index contributed by atoms with van der Waals surface area (Å²) in [6.45, 7) is 8.93. The van der Waals surface area contributed by atoms with E-state index < -0.39 is 7.14 Å². The normalized spacial score (nSPS) is 16.5. The molecule has 0 spiro atoms. The average molecular weight is 268 g/mol. The van der Waals surface area contributed by atoms with Crippen molar-refractivity contribution in [1.82, 2.24) is 0 Å². The predicted molar refractivity (Wildman–Crippen MR) is 78.5 cm³/mol. The zero-order valence-corrected chi connectivity index (χ0v) is 12.8. The molecule has 0 saturated heterocycles. The summed E-state index contributed by atoms with van der Waals surface area (Å²) in [6.07, 6.45) is 1.17. The lowest BCUT2D eigenvalue weighted by Gasteiger charge is -2.21. The van der Waals surface area contributed by atoms with Gasteiger partial charge in [0.2, 0.25) is 0 Å². The van der Waals surface area contributed by atoms with Crippen LogP contribution in [0, 0.1) is 11.8 Å². The molecule has 1 rings (SSSR count). The van der Waals surface area contributed by atoms with Crippen molar-refractivity contribution in [1.29, 1.82) is 0 Å². The number of hydrogen-bond acceptors (Lipinski definition) is 2. The SMILES string of the molecule is CC(C)[C@H](C)C[P@](C)(=O)COCc1ccccc1. The van der Waals surface area contributed by atoms with Crippen LogP contribution in [0.4, 0.5) is 0 Å². The fourth-order valence-electron chi connectivity index (χ4n) is 1.80. The van der Waals surface area contributed by atoms with E-state index in [9.17, 15) is 4.57 Å². The summed E-state index contributed by atoms with van der Waals surface area (Å²) in [5, 5.41) is 0. The Kier molecular flexibility index (Phi) is 6.11. The Morgan fingerprint density at radius 2 is 1.78 bits per heavy atom. The summed E-state index contributed by atoms with van der Waals surface area (Å²) >= 11 is 0. The molecule has 0 amide bonds. The van der Waals surface area contributed by atoms with E-state index in [-0.39, 0.29) is 0 Å². The lowest BCUT2D eigenvalue weighted by Crippen LogP contribution is -2.11. The molecule has 0 N–H and O–H groups in total. The van der Waals surface area contributed by atoms with Gasteiger partial charge >= 0.3 is 0 Å². The largest absolute Gasteiger partial charge is 0.369 e. The molecule has 0 aliphatic rings. The Hall–Kier alpha value is -0.590. The van der Waals surface area contributed by atoms with Gasteiger partial charge in [-0.1, -0.05) is 51.1 Å². The number of rotatable bonds is 7. The average Bonchev–Trinajstić information content (AvgIpc) is 2.29. The molecule has 0 aliphatic carbocycles. The number of benzene rings is 1. The van der Waals surface area contributed by atoms with Crippen LogP contribution >= 0.6 is 7.14 Å². The molecule has 0 saturated carbocycles. The standard InChI is InChI=1S/C15H25O2P/c1-13(2)14(3)11-18(4,16)12-17-10-15-8-6-5-7-9-15/h5-9,13-14H,10-12H2,1-4H3/t14-,18+/m1/s1. The summed E-state index contributed by atoms with van der Waals surface area (Å²) in [4.78, 5) is 0. The maximum Gasteiger partial charge on any atom is 0.109 e. The Morgan fingerprint density at radius 3 is 2.33 bits per heavy atom. The molecular weight excluding hydrogens is 243 g/mol. The summed E-state index contributed by atoms with van der Waals surface area (Å²) in [5.41, 5.74) is 1.13. The van der Waals surface area contributed by atoms with E-state index in [4.69, 9.17) is 4.74 Å². The van der Waals surface area contributed by atoms with Crippen molar-refractivity contribution in [2.75, 3.05) is 19.2 Å².